The van der Waals surface area contributed by atoms with Crippen molar-refractivity contribution in [2.75, 3.05) is 38.1 Å². The van der Waals surface area contributed by atoms with Crippen molar-refractivity contribution in [3.8, 4) is 0 Å². The van der Waals surface area contributed by atoms with Gasteiger partial charge in [0.25, 0.3) is 5.91 Å². The minimum Gasteiger partial charge on any atom is -0.450 e. The summed E-state index contributed by atoms with van der Waals surface area (Å²) >= 11 is 0. The zero-order valence-electron chi connectivity index (χ0n) is 15.7. The van der Waals surface area contributed by atoms with Gasteiger partial charge in [0.2, 0.25) is 0 Å². The minimum atomic E-state index is -0.260. The Kier molecular flexibility index (Phi) is 6.82. The molecule has 25 heavy (non-hydrogen) atoms. The van der Waals surface area contributed by atoms with Gasteiger partial charge in [0, 0.05) is 5.69 Å². The van der Waals surface area contributed by atoms with Crippen molar-refractivity contribution in [1.82, 2.24) is 4.90 Å². The lowest BCUT2D eigenvalue weighted by molar-refractivity contribution is -0.917. The third-order valence-corrected chi connectivity index (χ3v) is 4.78. The second-order valence-electron chi connectivity index (χ2n) is 6.83. The van der Waals surface area contributed by atoms with Gasteiger partial charge in [-0.25, -0.2) is 4.79 Å². The van der Waals surface area contributed by atoms with E-state index >= 15 is 0 Å². The van der Waals surface area contributed by atoms with Crippen molar-refractivity contribution < 1.29 is 19.2 Å². The Morgan fingerprint density at radius 2 is 1.76 bits per heavy atom. The van der Waals surface area contributed by atoms with E-state index < -0.39 is 0 Å². The number of piperazine rings is 1. The van der Waals surface area contributed by atoms with E-state index in [1.807, 2.05) is 19.1 Å². The largest absolute Gasteiger partial charge is 0.450 e. The molecule has 1 aliphatic rings. The van der Waals surface area contributed by atoms with Gasteiger partial charge in [-0.1, -0.05) is 26.0 Å². The van der Waals surface area contributed by atoms with Crippen LogP contribution in [0.3, 0.4) is 0 Å². The number of nitrogens with zero attached hydrogens (tertiary/aromatic N) is 1. The lowest BCUT2D eigenvalue weighted by Gasteiger charge is -2.34. The number of hydrogen-bond acceptors (Lipinski definition) is 3. The van der Waals surface area contributed by atoms with Crippen LogP contribution in [0.15, 0.2) is 24.3 Å². The Hall–Kier alpha value is -2.08. The van der Waals surface area contributed by atoms with Gasteiger partial charge in [0.05, 0.1) is 32.8 Å². The first-order valence-electron chi connectivity index (χ1n) is 9.09. The van der Waals surface area contributed by atoms with Crippen LogP contribution >= 0.6 is 0 Å². The molecule has 1 heterocycles. The first kappa shape index (κ1) is 19.2. The molecule has 0 bridgehead atoms. The maximum atomic E-state index is 12.5. The van der Waals surface area contributed by atoms with Gasteiger partial charge in [0.1, 0.15) is 0 Å². The normalized spacial score (nSPS) is 16.6. The van der Waals surface area contributed by atoms with Crippen LogP contribution in [-0.4, -0.2) is 55.7 Å². The minimum absolute atomic E-state index is 0.0110. The molecule has 6 heteroatoms. The fourth-order valence-corrected chi connectivity index (χ4v) is 3.01. The lowest BCUT2D eigenvalue weighted by atomic mass is 10.0. The Morgan fingerprint density at radius 1 is 1.16 bits per heavy atom. The molecular weight excluding hydrogens is 318 g/mol. The Morgan fingerprint density at radius 3 is 2.28 bits per heavy atom. The molecule has 0 aliphatic carbocycles. The van der Waals surface area contributed by atoms with Crippen molar-refractivity contribution >= 4 is 17.7 Å². The first-order valence-corrected chi connectivity index (χ1v) is 9.09. The SMILES string of the molecule is CCOC(=O)N1CC[NH+]([C@@H](C)C(=O)Nc2ccc(C(C)C)cc2)CC1. The zero-order chi connectivity index (χ0) is 18.4. The molecule has 1 fully saturated rings. The fraction of sp³-hybridized carbons (Fsp3) is 0.579. The van der Waals surface area contributed by atoms with E-state index in [-0.39, 0.29) is 18.0 Å². The van der Waals surface area contributed by atoms with Crippen molar-refractivity contribution in [2.24, 2.45) is 0 Å². The van der Waals surface area contributed by atoms with E-state index in [1.165, 1.54) is 10.5 Å². The summed E-state index contributed by atoms with van der Waals surface area (Å²) in [5.41, 5.74) is 2.08. The number of amides is 2. The van der Waals surface area contributed by atoms with Gasteiger partial charge in [-0.3, -0.25) is 9.69 Å². The van der Waals surface area contributed by atoms with E-state index in [0.29, 0.717) is 25.6 Å². The number of anilines is 1. The molecule has 0 saturated carbocycles. The second kappa shape index (κ2) is 8.85. The number of nitrogens with one attached hydrogen (secondary N) is 2. The monoisotopic (exact) mass is 348 g/mol. The van der Waals surface area contributed by atoms with E-state index in [4.69, 9.17) is 4.74 Å². The highest BCUT2D eigenvalue weighted by Crippen LogP contribution is 2.17. The van der Waals surface area contributed by atoms with Gasteiger partial charge in [-0.05, 0) is 37.5 Å². The van der Waals surface area contributed by atoms with E-state index in [0.717, 1.165) is 18.8 Å². The highest BCUT2D eigenvalue weighted by atomic mass is 16.6. The summed E-state index contributed by atoms with van der Waals surface area (Å²) in [6.45, 7) is 11.2. The summed E-state index contributed by atoms with van der Waals surface area (Å²) in [4.78, 5) is 27.2. The molecule has 0 unspecified atom stereocenters. The summed E-state index contributed by atoms with van der Waals surface area (Å²) in [5, 5.41) is 2.99. The third-order valence-electron chi connectivity index (χ3n) is 4.78. The molecule has 1 atom stereocenters. The van der Waals surface area contributed by atoms with Gasteiger partial charge >= 0.3 is 6.09 Å². The fourth-order valence-electron chi connectivity index (χ4n) is 3.01. The number of hydrogen-bond donors (Lipinski definition) is 2. The van der Waals surface area contributed by atoms with Crippen LogP contribution in [0.2, 0.25) is 0 Å². The summed E-state index contributed by atoms with van der Waals surface area (Å²) in [6, 6.07) is 7.85. The average molecular weight is 348 g/mol. The van der Waals surface area contributed by atoms with E-state index in [1.54, 1.807) is 11.8 Å². The second-order valence-corrected chi connectivity index (χ2v) is 6.83. The molecule has 1 aliphatic heterocycles. The smallest absolute Gasteiger partial charge is 0.410 e. The van der Waals surface area contributed by atoms with E-state index in [9.17, 15) is 9.59 Å². The summed E-state index contributed by atoms with van der Waals surface area (Å²) in [5.74, 6) is 0.487. The average Bonchev–Trinajstić information content (AvgIpc) is 2.61. The zero-order valence-corrected chi connectivity index (χ0v) is 15.7. The molecule has 1 aromatic rings. The Labute approximate surface area is 150 Å². The van der Waals surface area contributed by atoms with Crippen molar-refractivity contribution in [1.29, 1.82) is 0 Å². The molecule has 1 saturated heterocycles. The molecular formula is C19H30N3O3+. The number of ether oxygens (including phenoxy) is 1. The summed E-state index contributed by atoms with van der Waals surface area (Å²) in [7, 11) is 0. The number of carbonyl (C=O) groups excluding carboxylic acids is 2. The van der Waals surface area contributed by atoms with Crippen LogP contribution in [-0.2, 0) is 9.53 Å². The third kappa shape index (κ3) is 5.19. The molecule has 2 amide bonds. The van der Waals surface area contributed by atoms with Crippen molar-refractivity contribution in [3.63, 3.8) is 0 Å². The highest BCUT2D eigenvalue weighted by molar-refractivity contribution is 5.93. The molecule has 2 N–H and O–H groups in total. The first-order chi connectivity index (χ1) is 11.9. The molecule has 0 aromatic heterocycles. The number of rotatable bonds is 5. The van der Waals surface area contributed by atoms with Crippen LogP contribution in [0.5, 0.6) is 0 Å². The van der Waals surface area contributed by atoms with Gasteiger partial charge in [0.15, 0.2) is 6.04 Å². The van der Waals surface area contributed by atoms with Gasteiger partial charge in [-0.15, -0.1) is 0 Å². The van der Waals surface area contributed by atoms with E-state index in [2.05, 4.69) is 31.3 Å². The predicted molar refractivity (Wildman–Crippen MR) is 97.9 cm³/mol. The molecule has 138 valence electrons. The maximum absolute atomic E-state index is 12.5. The molecule has 1 aromatic carbocycles. The maximum Gasteiger partial charge on any atom is 0.410 e. The number of carbonyl (C=O) groups is 2. The number of quaternary nitrogens is 1. The van der Waals surface area contributed by atoms with Gasteiger partial charge in [-0.2, -0.15) is 0 Å². The van der Waals surface area contributed by atoms with Crippen molar-refractivity contribution in [3.05, 3.63) is 29.8 Å². The lowest BCUT2D eigenvalue weighted by Crippen LogP contribution is -3.19. The van der Waals surface area contributed by atoms with Crippen LogP contribution < -0.4 is 10.2 Å². The molecule has 0 spiro atoms. The summed E-state index contributed by atoms with van der Waals surface area (Å²) < 4.78 is 5.03. The molecule has 6 nitrogen and oxygen atoms in total. The Bertz CT molecular complexity index is 578. The predicted octanol–water partition coefficient (Wildman–Crippen LogP) is 1.49. The standard InChI is InChI=1S/C19H29N3O3/c1-5-25-19(24)22-12-10-21(11-13-22)15(4)18(23)20-17-8-6-16(7-9-17)14(2)3/h6-9,14-15H,5,10-13H2,1-4H3,(H,20,23)/p+1/t15-/m0/s1. The van der Waals surface area contributed by atoms with Gasteiger partial charge < -0.3 is 15.0 Å². The highest BCUT2D eigenvalue weighted by Gasteiger charge is 2.31. The topological polar surface area (TPSA) is 63.1 Å². The quantitative estimate of drug-likeness (QED) is 0.848. The molecule has 2 rings (SSSR count). The summed E-state index contributed by atoms with van der Waals surface area (Å²) in [6.07, 6.45) is -0.260. The van der Waals surface area contributed by atoms with Crippen LogP contribution in [0.1, 0.15) is 39.2 Å². The Balaban J connectivity index is 1.85. The number of benzene rings is 1. The molecule has 0 radical (unpaired) electrons. The van der Waals surface area contributed by atoms with Crippen molar-refractivity contribution in [2.45, 2.75) is 39.7 Å². The van der Waals surface area contributed by atoms with Crippen LogP contribution in [0.25, 0.3) is 0 Å². The van der Waals surface area contributed by atoms with Crippen LogP contribution in [0, 0.1) is 0 Å². The van der Waals surface area contributed by atoms with Crippen LogP contribution in [0.4, 0.5) is 10.5 Å².